The van der Waals surface area contributed by atoms with Gasteiger partial charge in [-0.3, -0.25) is 0 Å². The van der Waals surface area contributed by atoms with E-state index in [9.17, 15) is 4.79 Å². The predicted octanol–water partition coefficient (Wildman–Crippen LogP) is -1.38. The fourth-order valence-electron chi connectivity index (χ4n) is 1.09. The van der Waals surface area contributed by atoms with Gasteiger partial charge in [0.25, 0.3) is 0 Å². The van der Waals surface area contributed by atoms with Crippen molar-refractivity contribution in [3.8, 4) is 0 Å². The molecule has 1 aromatic heterocycles. The molecule has 1 atom stereocenters. The Morgan fingerprint density at radius 1 is 1.73 bits per heavy atom. The molecule has 0 aliphatic heterocycles. The van der Waals surface area contributed by atoms with Crippen molar-refractivity contribution < 1.29 is 9.84 Å². The Kier molecular flexibility index (Phi) is 4.19. The first-order valence-corrected chi connectivity index (χ1v) is 4.59. The van der Waals surface area contributed by atoms with Gasteiger partial charge in [-0.2, -0.15) is 10.1 Å². The van der Waals surface area contributed by atoms with E-state index in [1.54, 1.807) is 6.92 Å². The molecule has 1 rings (SSSR count). The minimum absolute atomic E-state index is 0.0770. The van der Waals surface area contributed by atoms with E-state index in [4.69, 9.17) is 15.6 Å². The quantitative estimate of drug-likeness (QED) is 0.626. The molecule has 0 bridgehead atoms. The maximum atomic E-state index is 11.3. The zero-order valence-electron chi connectivity index (χ0n) is 8.46. The van der Waals surface area contributed by atoms with E-state index in [1.807, 2.05) is 0 Å². The Labute approximate surface area is 86.5 Å². The molecule has 0 aliphatic carbocycles. The fraction of sp³-hybridized carbons (Fsp3) is 0.625. The highest BCUT2D eigenvalue weighted by Gasteiger charge is 2.10. The molecule has 15 heavy (non-hydrogen) atoms. The first-order chi connectivity index (χ1) is 7.17. The van der Waals surface area contributed by atoms with Crippen molar-refractivity contribution in [3.63, 3.8) is 0 Å². The number of ether oxygens (including phenoxy) is 1. The normalized spacial score (nSPS) is 12.7. The first kappa shape index (κ1) is 11.6. The molecule has 1 heterocycles. The van der Waals surface area contributed by atoms with Crippen LogP contribution in [-0.4, -0.2) is 39.2 Å². The highest BCUT2D eigenvalue weighted by molar-refractivity contribution is 5.19. The monoisotopic (exact) mass is 214 g/mol. The molecule has 0 aromatic carbocycles. The topological polar surface area (TPSA) is 103 Å². The van der Waals surface area contributed by atoms with E-state index in [-0.39, 0.29) is 19.0 Å². The third-order valence-electron chi connectivity index (χ3n) is 1.76. The predicted molar refractivity (Wildman–Crippen MR) is 53.2 cm³/mol. The van der Waals surface area contributed by atoms with Gasteiger partial charge >= 0.3 is 5.69 Å². The van der Waals surface area contributed by atoms with Crippen LogP contribution in [0.4, 0.5) is 5.82 Å². The third-order valence-corrected chi connectivity index (χ3v) is 1.76. The summed E-state index contributed by atoms with van der Waals surface area (Å²) in [5, 5.41) is 12.7. The van der Waals surface area contributed by atoms with Gasteiger partial charge < -0.3 is 15.6 Å². The summed E-state index contributed by atoms with van der Waals surface area (Å²) in [5.41, 5.74) is 4.73. The highest BCUT2D eigenvalue weighted by atomic mass is 16.5. The van der Waals surface area contributed by atoms with Gasteiger partial charge in [0.2, 0.25) is 0 Å². The second-order valence-corrected chi connectivity index (χ2v) is 2.91. The molecule has 0 radical (unpaired) electrons. The fourth-order valence-corrected chi connectivity index (χ4v) is 1.09. The molecule has 7 heteroatoms. The maximum Gasteiger partial charge on any atom is 0.366 e. The van der Waals surface area contributed by atoms with Gasteiger partial charge in [-0.05, 0) is 6.92 Å². The molecule has 84 valence electrons. The van der Waals surface area contributed by atoms with Crippen molar-refractivity contribution in [3.05, 3.63) is 16.7 Å². The molecule has 0 aliphatic rings. The van der Waals surface area contributed by atoms with Crippen LogP contribution in [0.1, 0.15) is 6.92 Å². The number of nitrogens with two attached hydrogens (primary N) is 1. The number of nitrogen functional groups attached to an aromatic ring is 1. The number of aliphatic hydroxyl groups is 1. The van der Waals surface area contributed by atoms with Crippen LogP contribution >= 0.6 is 0 Å². The standard InChI is InChI=1S/C8H14N4O3/c1-2-15-6(5-13)4-12-8(14)11-7(9)3-10-12/h3,6,13H,2,4-5H2,1H3,(H2,9,11,14)/t6-/m0/s1. The summed E-state index contributed by atoms with van der Waals surface area (Å²) in [7, 11) is 0. The number of nitrogens with zero attached hydrogens (tertiary/aromatic N) is 3. The van der Waals surface area contributed by atoms with Gasteiger partial charge in [0.15, 0.2) is 0 Å². The number of hydrogen-bond acceptors (Lipinski definition) is 6. The van der Waals surface area contributed by atoms with E-state index in [1.165, 1.54) is 6.20 Å². The molecule has 7 nitrogen and oxygen atoms in total. The van der Waals surface area contributed by atoms with Crippen LogP contribution < -0.4 is 11.4 Å². The largest absolute Gasteiger partial charge is 0.394 e. The van der Waals surface area contributed by atoms with Crippen LogP contribution in [0.3, 0.4) is 0 Å². The van der Waals surface area contributed by atoms with Crippen LogP contribution in [0.2, 0.25) is 0 Å². The van der Waals surface area contributed by atoms with Gasteiger partial charge in [0, 0.05) is 6.61 Å². The van der Waals surface area contributed by atoms with Gasteiger partial charge in [0.05, 0.1) is 19.3 Å². The highest BCUT2D eigenvalue weighted by Crippen LogP contribution is 1.94. The lowest BCUT2D eigenvalue weighted by atomic mass is 10.4. The van der Waals surface area contributed by atoms with Crippen molar-refractivity contribution in [2.24, 2.45) is 0 Å². The zero-order chi connectivity index (χ0) is 11.3. The van der Waals surface area contributed by atoms with E-state index in [0.717, 1.165) is 4.68 Å². The summed E-state index contributed by atoms with van der Waals surface area (Å²) in [6.07, 6.45) is 0.826. The van der Waals surface area contributed by atoms with Gasteiger partial charge in [-0.25, -0.2) is 9.48 Å². The van der Waals surface area contributed by atoms with E-state index < -0.39 is 11.8 Å². The molecule has 0 saturated heterocycles. The van der Waals surface area contributed by atoms with E-state index in [0.29, 0.717) is 6.61 Å². The second kappa shape index (κ2) is 5.42. The Bertz CT molecular complexity index is 365. The molecule has 3 N–H and O–H groups in total. The van der Waals surface area contributed by atoms with Gasteiger partial charge in [0.1, 0.15) is 11.9 Å². The zero-order valence-corrected chi connectivity index (χ0v) is 8.46. The maximum absolute atomic E-state index is 11.3. The second-order valence-electron chi connectivity index (χ2n) is 2.91. The van der Waals surface area contributed by atoms with Crippen LogP contribution in [-0.2, 0) is 11.3 Å². The van der Waals surface area contributed by atoms with E-state index >= 15 is 0 Å². The molecule has 0 spiro atoms. The Hall–Kier alpha value is -1.47. The smallest absolute Gasteiger partial charge is 0.366 e. The number of aromatic nitrogens is 3. The number of hydrogen-bond donors (Lipinski definition) is 2. The van der Waals surface area contributed by atoms with Gasteiger partial charge in [-0.1, -0.05) is 0 Å². The average Bonchev–Trinajstić information content (AvgIpc) is 2.21. The third kappa shape index (κ3) is 3.30. The van der Waals surface area contributed by atoms with Crippen molar-refractivity contribution in [2.75, 3.05) is 18.9 Å². The van der Waals surface area contributed by atoms with Crippen LogP contribution in [0, 0.1) is 0 Å². The molecular weight excluding hydrogens is 200 g/mol. The summed E-state index contributed by atoms with van der Waals surface area (Å²) in [4.78, 5) is 14.8. The number of anilines is 1. The van der Waals surface area contributed by atoms with Crippen molar-refractivity contribution in [1.29, 1.82) is 0 Å². The van der Waals surface area contributed by atoms with Crippen LogP contribution in [0.15, 0.2) is 11.0 Å². The lowest BCUT2D eigenvalue weighted by Crippen LogP contribution is -2.33. The van der Waals surface area contributed by atoms with Crippen molar-refractivity contribution in [1.82, 2.24) is 14.8 Å². The first-order valence-electron chi connectivity index (χ1n) is 4.59. The summed E-state index contributed by atoms with van der Waals surface area (Å²) in [5.74, 6) is 0.0770. The molecule has 0 saturated carbocycles. The minimum atomic E-state index is -0.548. The van der Waals surface area contributed by atoms with Gasteiger partial charge in [-0.15, -0.1) is 0 Å². The Balaban J connectivity index is 2.75. The Morgan fingerprint density at radius 2 is 2.47 bits per heavy atom. The molecule has 0 amide bonds. The molecule has 1 aromatic rings. The summed E-state index contributed by atoms with van der Waals surface area (Å²) < 4.78 is 6.28. The van der Waals surface area contributed by atoms with Crippen molar-refractivity contribution in [2.45, 2.75) is 19.6 Å². The molecular formula is C8H14N4O3. The van der Waals surface area contributed by atoms with Crippen LogP contribution in [0.5, 0.6) is 0 Å². The van der Waals surface area contributed by atoms with Crippen molar-refractivity contribution >= 4 is 5.82 Å². The van der Waals surface area contributed by atoms with Crippen LogP contribution in [0.25, 0.3) is 0 Å². The molecule has 0 fully saturated rings. The molecule has 0 unspecified atom stereocenters. The summed E-state index contributed by atoms with van der Waals surface area (Å²) in [6.45, 7) is 2.26. The summed E-state index contributed by atoms with van der Waals surface area (Å²) in [6, 6.07) is 0. The lowest BCUT2D eigenvalue weighted by Gasteiger charge is -2.14. The lowest BCUT2D eigenvalue weighted by molar-refractivity contribution is 0.00657. The minimum Gasteiger partial charge on any atom is -0.394 e. The number of rotatable bonds is 5. The van der Waals surface area contributed by atoms with E-state index in [2.05, 4.69) is 10.1 Å². The Morgan fingerprint density at radius 3 is 3.00 bits per heavy atom. The number of aliphatic hydroxyl groups excluding tert-OH is 1. The summed E-state index contributed by atoms with van der Waals surface area (Å²) >= 11 is 0. The average molecular weight is 214 g/mol. The SMILES string of the molecule is CCO[C@H](CO)Cn1ncc(N)nc1=O.